The van der Waals surface area contributed by atoms with E-state index in [0.717, 1.165) is 32.3 Å². The highest BCUT2D eigenvalue weighted by Gasteiger charge is 1.99. The molecule has 0 amide bonds. The van der Waals surface area contributed by atoms with Crippen LogP contribution in [0.3, 0.4) is 0 Å². The normalized spacial score (nSPS) is 11.2. The Morgan fingerprint density at radius 2 is 1.75 bits per heavy atom. The van der Waals surface area contributed by atoms with Crippen molar-refractivity contribution in [3.8, 4) is 0 Å². The summed E-state index contributed by atoms with van der Waals surface area (Å²) in [7, 11) is 3.29. The monoisotopic (exact) mass is 292 g/mol. The van der Waals surface area contributed by atoms with E-state index in [9.17, 15) is 9.59 Å². The maximum absolute atomic E-state index is 10.3. The molecule has 1 unspecified atom stereocenters. The molecule has 0 aliphatic carbocycles. The van der Waals surface area contributed by atoms with Gasteiger partial charge in [-0.15, -0.1) is 0 Å². The van der Waals surface area contributed by atoms with Gasteiger partial charge in [0.15, 0.2) is 0 Å². The van der Waals surface area contributed by atoms with Crippen molar-refractivity contribution in [2.24, 2.45) is 0 Å². The molecule has 6 heteroatoms. The summed E-state index contributed by atoms with van der Waals surface area (Å²) in [6, 6.07) is 0. The Kier molecular flexibility index (Phi) is 16.8. The van der Waals surface area contributed by atoms with E-state index in [2.05, 4.69) is 0 Å². The molecule has 0 aromatic carbocycles. The number of aliphatic carboxylic acids is 1. The van der Waals surface area contributed by atoms with Crippen LogP contribution in [0, 0.1) is 0 Å². The van der Waals surface area contributed by atoms with Gasteiger partial charge in [-0.2, -0.15) is 0 Å². The Labute approximate surface area is 121 Å². The number of rotatable bonds is 10. The van der Waals surface area contributed by atoms with Gasteiger partial charge in [0.05, 0.1) is 12.7 Å². The lowest BCUT2D eigenvalue weighted by Crippen LogP contribution is -2.10. The maximum atomic E-state index is 10.3. The average Bonchev–Trinajstić information content (AvgIpc) is 2.38. The fourth-order valence-electron chi connectivity index (χ4n) is 1.19. The first-order valence-corrected chi connectivity index (χ1v) is 6.80. The van der Waals surface area contributed by atoms with Crippen LogP contribution in [0.1, 0.15) is 46.0 Å². The van der Waals surface area contributed by atoms with Gasteiger partial charge in [0.25, 0.3) is 0 Å². The largest absolute Gasteiger partial charge is 0.481 e. The Morgan fingerprint density at radius 3 is 2.20 bits per heavy atom. The van der Waals surface area contributed by atoms with Crippen molar-refractivity contribution in [1.29, 1.82) is 0 Å². The molecule has 120 valence electrons. The van der Waals surface area contributed by atoms with Gasteiger partial charge in [-0.1, -0.05) is 6.42 Å². The summed E-state index contributed by atoms with van der Waals surface area (Å²) >= 11 is 0. The summed E-state index contributed by atoms with van der Waals surface area (Å²) < 4.78 is 14.4. The molecule has 0 fully saturated rings. The van der Waals surface area contributed by atoms with Crippen LogP contribution in [-0.2, 0) is 23.8 Å². The fraction of sp³-hybridized carbons (Fsp3) is 0.857. The van der Waals surface area contributed by atoms with Gasteiger partial charge in [0, 0.05) is 40.6 Å². The van der Waals surface area contributed by atoms with E-state index in [1.807, 2.05) is 6.92 Å². The van der Waals surface area contributed by atoms with Gasteiger partial charge >= 0.3 is 11.9 Å². The molecule has 0 aromatic rings. The molecule has 0 aliphatic heterocycles. The predicted molar refractivity (Wildman–Crippen MR) is 75.7 cm³/mol. The number of methoxy groups -OCH3 is 2. The Bertz CT molecular complexity index is 242. The van der Waals surface area contributed by atoms with Crippen molar-refractivity contribution in [3.05, 3.63) is 0 Å². The molecule has 0 rings (SSSR count). The van der Waals surface area contributed by atoms with Crippen molar-refractivity contribution in [3.63, 3.8) is 0 Å². The minimum Gasteiger partial charge on any atom is -0.481 e. The number of hydrogen-bond acceptors (Lipinski definition) is 5. The van der Waals surface area contributed by atoms with E-state index < -0.39 is 5.97 Å². The van der Waals surface area contributed by atoms with Gasteiger partial charge in [0.2, 0.25) is 0 Å². The molecule has 0 bridgehead atoms. The van der Waals surface area contributed by atoms with Crippen molar-refractivity contribution >= 4 is 11.9 Å². The summed E-state index contributed by atoms with van der Waals surface area (Å²) in [6.07, 6.45) is 3.88. The summed E-state index contributed by atoms with van der Waals surface area (Å²) in [5.74, 6) is -0.944. The molecule has 6 nitrogen and oxygen atoms in total. The minimum atomic E-state index is -0.711. The topological polar surface area (TPSA) is 82.1 Å². The lowest BCUT2D eigenvalue weighted by atomic mass is 10.2. The smallest absolute Gasteiger partial charge is 0.303 e. The standard InChI is InChI=1S/2C7H14O3/c1-6(9-3)4-5-10-7(2)8;1-10-6-4-2-3-5-7(8)9/h6H,4-5H2,1-3H3;2-6H2,1H3,(H,8,9). The number of ether oxygens (including phenoxy) is 3. The molecule has 0 spiro atoms. The van der Waals surface area contributed by atoms with Crippen molar-refractivity contribution in [2.45, 2.75) is 52.1 Å². The zero-order valence-electron chi connectivity index (χ0n) is 13.0. The lowest BCUT2D eigenvalue weighted by molar-refractivity contribution is -0.141. The molecule has 1 N–H and O–H groups in total. The van der Waals surface area contributed by atoms with E-state index in [4.69, 9.17) is 19.3 Å². The second-order valence-corrected chi connectivity index (χ2v) is 4.37. The fourth-order valence-corrected chi connectivity index (χ4v) is 1.19. The van der Waals surface area contributed by atoms with E-state index in [1.165, 1.54) is 6.92 Å². The molecule has 1 atom stereocenters. The molecule has 0 heterocycles. The quantitative estimate of drug-likeness (QED) is 0.491. The van der Waals surface area contributed by atoms with E-state index in [0.29, 0.717) is 6.61 Å². The molecule has 0 aromatic heterocycles. The number of unbranched alkanes of at least 4 members (excludes halogenated alkanes) is 2. The van der Waals surface area contributed by atoms with E-state index in [-0.39, 0.29) is 18.5 Å². The molecule has 0 saturated heterocycles. The first kappa shape index (κ1) is 21.2. The molecule has 0 aliphatic rings. The van der Waals surface area contributed by atoms with Crippen LogP contribution < -0.4 is 0 Å². The molecule has 20 heavy (non-hydrogen) atoms. The van der Waals surface area contributed by atoms with Crippen LogP contribution in [-0.4, -0.2) is 50.6 Å². The number of carboxylic acids is 1. The molecular weight excluding hydrogens is 264 g/mol. The maximum Gasteiger partial charge on any atom is 0.303 e. The minimum absolute atomic E-state index is 0.166. The van der Waals surface area contributed by atoms with E-state index in [1.54, 1.807) is 14.2 Å². The average molecular weight is 292 g/mol. The highest BCUT2D eigenvalue weighted by molar-refractivity contribution is 5.66. The Morgan fingerprint density at radius 1 is 1.10 bits per heavy atom. The Balaban J connectivity index is 0. The van der Waals surface area contributed by atoms with Crippen LogP contribution in [0.25, 0.3) is 0 Å². The van der Waals surface area contributed by atoms with Gasteiger partial charge < -0.3 is 19.3 Å². The van der Waals surface area contributed by atoms with Crippen LogP contribution in [0.15, 0.2) is 0 Å². The van der Waals surface area contributed by atoms with Crippen LogP contribution in [0.5, 0.6) is 0 Å². The predicted octanol–water partition coefficient (Wildman–Crippen LogP) is 2.25. The van der Waals surface area contributed by atoms with Gasteiger partial charge in [0.1, 0.15) is 0 Å². The third kappa shape index (κ3) is 22.1. The summed E-state index contributed by atoms with van der Waals surface area (Å²) in [6.45, 7) is 4.52. The van der Waals surface area contributed by atoms with Gasteiger partial charge in [-0.3, -0.25) is 9.59 Å². The number of carbonyl (C=O) groups excluding carboxylic acids is 1. The van der Waals surface area contributed by atoms with Crippen molar-refractivity contribution < 1.29 is 28.9 Å². The van der Waals surface area contributed by atoms with Crippen LogP contribution >= 0.6 is 0 Å². The zero-order valence-corrected chi connectivity index (χ0v) is 13.0. The van der Waals surface area contributed by atoms with Gasteiger partial charge in [-0.05, 0) is 19.8 Å². The summed E-state index contributed by atoms with van der Waals surface area (Å²) in [5.41, 5.74) is 0. The van der Waals surface area contributed by atoms with Gasteiger partial charge in [-0.25, -0.2) is 0 Å². The second kappa shape index (κ2) is 15.9. The molecule has 0 radical (unpaired) electrons. The zero-order chi connectivity index (χ0) is 15.8. The summed E-state index contributed by atoms with van der Waals surface area (Å²) in [5, 5.41) is 8.24. The third-order valence-corrected chi connectivity index (χ3v) is 2.47. The number of carboxylic acid groups (broad SMARTS) is 1. The van der Waals surface area contributed by atoms with Crippen LogP contribution in [0.2, 0.25) is 0 Å². The van der Waals surface area contributed by atoms with Crippen LogP contribution in [0.4, 0.5) is 0 Å². The van der Waals surface area contributed by atoms with Crippen molar-refractivity contribution in [1.82, 2.24) is 0 Å². The van der Waals surface area contributed by atoms with Crippen molar-refractivity contribution in [2.75, 3.05) is 27.4 Å². The van der Waals surface area contributed by atoms with E-state index >= 15 is 0 Å². The highest BCUT2D eigenvalue weighted by atomic mass is 16.5. The number of carbonyl (C=O) groups is 2. The summed E-state index contributed by atoms with van der Waals surface area (Å²) in [4.78, 5) is 20.3. The highest BCUT2D eigenvalue weighted by Crippen LogP contribution is 1.99. The molecule has 0 saturated carbocycles. The number of hydrogen-bond donors (Lipinski definition) is 1. The second-order valence-electron chi connectivity index (χ2n) is 4.37. The first-order chi connectivity index (χ1) is 9.43. The lowest BCUT2D eigenvalue weighted by Gasteiger charge is -2.07. The third-order valence-electron chi connectivity index (χ3n) is 2.47. The SMILES string of the molecule is COC(C)CCOC(C)=O.COCCCCCC(=O)O. The molecular formula is C14H28O6. The number of esters is 1. The first-order valence-electron chi connectivity index (χ1n) is 6.80. The Hall–Kier alpha value is -1.14.